The Balaban J connectivity index is 1.73. The number of esters is 2. The Morgan fingerprint density at radius 3 is 2.46 bits per heavy atom. The standard InChI is InChI=1S/C22H20F3N3O6S/c1-4-33-20(32)17-11(2)18(12(3)29)35-19(17)27-15(30)10-34-16(31)9-28-14-8-6-5-7-13(14)26-21(28)22(23,24)25/h5-8H,4,9-10H2,1-3H3,(H,27,30). The van der Waals surface area contributed by atoms with Crippen LogP contribution in [0, 0.1) is 6.92 Å². The van der Waals surface area contributed by atoms with Crippen LogP contribution in [-0.4, -0.2) is 46.4 Å². The summed E-state index contributed by atoms with van der Waals surface area (Å²) in [6.45, 7) is 2.83. The zero-order valence-corrected chi connectivity index (χ0v) is 19.6. The van der Waals surface area contributed by atoms with E-state index >= 15 is 0 Å². The molecule has 0 aliphatic heterocycles. The number of carbonyl (C=O) groups is 4. The first-order valence-corrected chi connectivity index (χ1v) is 11.0. The summed E-state index contributed by atoms with van der Waals surface area (Å²) in [7, 11) is 0. The molecule has 0 radical (unpaired) electrons. The molecule has 35 heavy (non-hydrogen) atoms. The number of benzene rings is 1. The maximum absolute atomic E-state index is 13.4. The van der Waals surface area contributed by atoms with Gasteiger partial charge in [-0.3, -0.25) is 14.4 Å². The molecule has 1 aromatic carbocycles. The van der Waals surface area contributed by atoms with Crippen molar-refractivity contribution in [3.8, 4) is 0 Å². The molecule has 3 rings (SSSR count). The van der Waals surface area contributed by atoms with Crippen LogP contribution in [0.1, 0.15) is 45.3 Å². The van der Waals surface area contributed by atoms with Crippen LogP contribution in [0.15, 0.2) is 24.3 Å². The first-order valence-electron chi connectivity index (χ1n) is 10.2. The average Bonchev–Trinajstić information content (AvgIpc) is 3.30. The summed E-state index contributed by atoms with van der Waals surface area (Å²) in [6, 6.07) is 5.76. The summed E-state index contributed by atoms with van der Waals surface area (Å²) >= 11 is 0.861. The second kappa shape index (κ2) is 10.3. The van der Waals surface area contributed by atoms with E-state index in [9.17, 15) is 32.3 Å². The number of para-hydroxylation sites is 2. The van der Waals surface area contributed by atoms with Crippen molar-refractivity contribution >= 4 is 51.0 Å². The quantitative estimate of drug-likeness (QED) is 0.359. The van der Waals surface area contributed by atoms with E-state index in [1.165, 1.54) is 38.1 Å². The Labute approximate surface area is 200 Å². The molecule has 9 nitrogen and oxygen atoms in total. The summed E-state index contributed by atoms with van der Waals surface area (Å²) in [6.07, 6.45) is -4.81. The first kappa shape index (κ1) is 25.9. The number of hydrogen-bond acceptors (Lipinski definition) is 8. The molecular formula is C22H20F3N3O6S. The number of Topliss-reactive ketones (excluding diaryl/α,β-unsaturated/α-hetero) is 1. The number of imidazole rings is 1. The molecule has 2 aromatic heterocycles. The number of hydrogen-bond donors (Lipinski definition) is 1. The summed E-state index contributed by atoms with van der Waals surface area (Å²) in [5.74, 6) is -4.30. The zero-order valence-electron chi connectivity index (χ0n) is 18.8. The number of thiophene rings is 1. The molecule has 2 heterocycles. The third-order valence-electron chi connectivity index (χ3n) is 4.76. The second-order valence-electron chi connectivity index (χ2n) is 7.25. The van der Waals surface area contributed by atoms with Gasteiger partial charge in [-0.25, -0.2) is 9.78 Å². The van der Waals surface area contributed by atoms with Crippen LogP contribution in [0.3, 0.4) is 0 Å². The molecule has 1 N–H and O–H groups in total. The molecule has 0 saturated heterocycles. The molecule has 186 valence electrons. The number of ether oxygens (including phenoxy) is 2. The van der Waals surface area contributed by atoms with E-state index in [4.69, 9.17) is 9.47 Å². The van der Waals surface area contributed by atoms with Gasteiger partial charge in [0.25, 0.3) is 5.91 Å². The van der Waals surface area contributed by atoms with Crippen LogP contribution < -0.4 is 5.32 Å². The van der Waals surface area contributed by atoms with Gasteiger partial charge in [-0.15, -0.1) is 11.3 Å². The lowest BCUT2D eigenvalue weighted by Crippen LogP contribution is -2.25. The molecule has 0 unspecified atom stereocenters. The van der Waals surface area contributed by atoms with Gasteiger partial charge in [0, 0.05) is 0 Å². The van der Waals surface area contributed by atoms with Crippen molar-refractivity contribution in [2.75, 3.05) is 18.5 Å². The first-order chi connectivity index (χ1) is 16.4. The highest BCUT2D eigenvalue weighted by Gasteiger charge is 2.38. The molecule has 0 fully saturated rings. The zero-order chi connectivity index (χ0) is 25.9. The van der Waals surface area contributed by atoms with E-state index in [1.54, 1.807) is 6.92 Å². The number of rotatable bonds is 8. The molecular weight excluding hydrogens is 491 g/mol. The highest BCUT2D eigenvalue weighted by atomic mass is 32.1. The summed E-state index contributed by atoms with van der Waals surface area (Å²) in [5, 5.41) is 2.43. The number of nitrogens with one attached hydrogen (secondary N) is 1. The monoisotopic (exact) mass is 511 g/mol. The van der Waals surface area contributed by atoms with Crippen LogP contribution in [0.4, 0.5) is 18.2 Å². The van der Waals surface area contributed by atoms with Crippen molar-refractivity contribution in [3.63, 3.8) is 0 Å². The van der Waals surface area contributed by atoms with Crippen molar-refractivity contribution in [2.24, 2.45) is 0 Å². The van der Waals surface area contributed by atoms with Gasteiger partial charge in [-0.05, 0) is 38.5 Å². The fraction of sp³-hybridized carbons (Fsp3) is 0.318. The molecule has 1 amide bonds. The van der Waals surface area contributed by atoms with E-state index < -0.39 is 43.0 Å². The number of aromatic nitrogens is 2. The SMILES string of the molecule is CCOC(=O)c1c(NC(=O)COC(=O)Cn2c(C(F)(F)F)nc3ccccc32)sc(C(C)=O)c1C. The fourth-order valence-corrected chi connectivity index (χ4v) is 4.43. The molecule has 0 aliphatic rings. The lowest BCUT2D eigenvalue weighted by molar-refractivity contribution is -0.152. The third kappa shape index (κ3) is 5.67. The van der Waals surface area contributed by atoms with Crippen LogP contribution in [-0.2, 0) is 31.8 Å². The lowest BCUT2D eigenvalue weighted by Gasteiger charge is -2.11. The number of nitrogens with zero attached hydrogens (tertiary/aromatic N) is 2. The minimum Gasteiger partial charge on any atom is -0.462 e. The molecule has 0 atom stereocenters. The summed E-state index contributed by atoms with van der Waals surface area (Å²) in [5.41, 5.74) is 0.457. The third-order valence-corrected chi connectivity index (χ3v) is 6.07. The Bertz CT molecular complexity index is 1310. The Kier molecular flexibility index (Phi) is 7.58. The fourth-order valence-electron chi connectivity index (χ4n) is 3.32. The predicted octanol–water partition coefficient (Wildman–Crippen LogP) is 3.99. The minimum atomic E-state index is -4.81. The van der Waals surface area contributed by atoms with Crippen molar-refractivity contribution in [2.45, 2.75) is 33.5 Å². The van der Waals surface area contributed by atoms with E-state index in [0.29, 0.717) is 10.1 Å². The molecule has 0 saturated carbocycles. The van der Waals surface area contributed by atoms with Gasteiger partial charge in [0.2, 0.25) is 5.82 Å². The molecule has 13 heteroatoms. The number of fused-ring (bicyclic) bond motifs is 1. The molecule has 3 aromatic rings. The van der Waals surface area contributed by atoms with Crippen LogP contribution >= 0.6 is 11.3 Å². The second-order valence-corrected chi connectivity index (χ2v) is 8.27. The molecule has 0 aliphatic carbocycles. The molecule has 0 spiro atoms. The van der Waals surface area contributed by atoms with Gasteiger partial charge in [-0.1, -0.05) is 12.1 Å². The van der Waals surface area contributed by atoms with Crippen LogP contribution in [0.25, 0.3) is 11.0 Å². The smallest absolute Gasteiger partial charge is 0.449 e. The van der Waals surface area contributed by atoms with Crippen LogP contribution in [0.5, 0.6) is 0 Å². The normalized spacial score (nSPS) is 11.4. The lowest BCUT2D eigenvalue weighted by atomic mass is 10.1. The largest absolute Gasteiger partial charge is 0.462 e. The van der Waals surface area contributed by atoms with E-state index in [2.05, 4.69) is 10.3 Å². The minimum absolute atomic E-state index is 0.00132. The number of amides is 1. The van der Waals surface area contributed by atoms with E-state index in [1.807, 2.05) is 0 Å². The Hall–Kier alpha value is -3.74. The van der Waals surface area contributed by atoms with Crippen molar-refractivity contribution < 1.29 is 41.8 Å². The summed E-state index contributed by atoms with van der Waals surface area (Å²) in [4.78, 5) is 52.6. The van der Waals surface area contributed by atoms with E-state index in [0.717, 1.165) is 11.3 Å². The van der Waals surface area contributed by atoms with Gasteiger partial charge in [-0.2, -0.15) is 13.2 Å². The van der Waals surface area contributed by atoms with Crippen molar-refractivity contribution in [1.29, 1.82) is 0 Å². The van der Waals surface area contributed by atoms with Crippen molar-refractivity contribution in [1.82, 2.24) is 9.55 Å². The van der Waals surface area contributed by atoms with E-state index in [-0.39, 0.29) is 38.9 Å². The highest BCUT2D eigenvalue weighted by molar-refractivity contribution is 7.18. The summed E-state index contributed by atoms with van der Waals surface area (Å²) < 4.78 is 50.6. The number of alkyl halides is 3. The van der Waals surface area contributed by atoms with Crippen molar-refractivity contribution in [3.05, 3.63) is 46.1 Å². The Morgan fingerprint density at radius 1 is 1.14 bits per heavy atom. The Morgan fingerprint density at radius 2 is 1.83 bits per heavy atom. The number of carbonyl (C=O) groups excluding carboxylic acids is 4. The van der Waals surface area contributed by atoms with Gasteiger partial charge >= 0.3 is 18.1 Å². The number of halogens is 3. The van der Waals surface area contributed by atoms with Gasteiger partial charge < -0.3 is 19.4 Å². The predicted molar refractivity (Wildman–Crippen MR) is 119 cm³/mol. The average molecular weight is 511 g/mol. The van der Waals surface area contributed by atoms with Gasteiger partial charge in [0.1, 0.15) is 11.5 Å². The van der Waals surface area contributed by atoms with Crippen LogP contribution in [0.2, 0.25) is 0 Å². The topological polar surface area (TPSA) is 117 Å². The maximum atomic E-state index is 13.4. The highest BCUT2D eigenvalue weighted by Crippen LogP contribution is 2.34. The van der Waals surface area contributed by atoms with Gasteiger partial charge in [0.05, 0.1) is 28.1 Å². The number of anilines is 1. The molecule has 0 bridgehead atoms. The number of ketones is 1. The maximum Gasteiger partial charge on any atom is 0.449 e. The van der Waals surface area contributed by atoms with Gasteiger partial charge in [0.15, 0.2) is 12.4 Å².